The lowest BCUT2D eigenvalue weighted by Crippen LogP contribution is -2.46. The fraction of sp³-hybridized carbons (Fsp3) is 0.625. The van der Waals surface area contributed by atoms with Crippen LogP contribution >= 0.6 is 0 Å². The third kappa shape index (κ3) is 3.34. The minimum Gasteiger partial charge on any atom is -0.424 e. The molecule has 2 aromatic rings. The quantitative estimate of drug-likeness (QED) is 0.850. The normalized spacial score (nSPS) is 19.3. The Balaban J connectivity index is 1.34. The van der Waals surface area contributed by atoms with E-state index in [-0.39, 0.29) is 0 Å². The molecule has 2 aliphatic rings. The molecule has 2 fully saturated rings. The van der Waals surface area contributed by atoms with E-state index in [1.807, 2.05) is 13.8 Å². The highest BCUT2D eigenvalue weighted by atomic mass is 16.4. The SMILES string of the molecule is Cc1cc(N2CCN(Cc3nnc(C4CC4)o3)CC2)nc(C)n1. The first-order valence-corrected chi connectivity index (χ1v) is 8.29. The number of aryl methyl sites for hydroxylation is 2. The van der Waals surface area contributed by atoms with E-state index in [1.54, 1.807) is 0 Å². The van der Waals surface area contributed by atoms with Crippen molar-refractivity contribution in [3.63, 3.8) is 0 Å². The van der Waals surface area contributed by atoms with Gasteiger partial charge in [0, 0.05) is 43.9 Å². The number of hydrogen-bond acceptors (Lipinski definition) is 7. The molecular weight excluding hydrogens is 292 g/mol. The van der Waals surface area contributed by atoms with Crippen LogP contribution in [0, 0.1) is 13.8 Å². The van der Waals surface area contributed by atoms with Gasteiger partial charge in [-0.3, -0.25) is 4.90 Å². The zero-order valence-corrected chi connectivity index (χ0v) is 13.7. The summed E-state index contributed by atoms with van der Waals surface area (Å²) < 4.78 is 5.76. The van der Waals surface area contributed by atoms with Gasteiger partial charge < -0.3 is 9.32 Å². The summed E-state index contributed by atoms with van der Waals surface area (Å²) in [6, 6.07) is 2.06. The second kappa shape index (κ2) is 5.88. The molecule has 1 aliphatic carbocycles. The van der Waals surface area contributed by atoms with E-state index in [2.05, 4.69) is 36.0 Å². The highest BCUT2D eigenvalue weighted by Gasteiger charge is 2.29. The summed E-state index contributed by atoms with van der Waals surface area (Å²) in [5, 5.41) is 8.33. The summed E-state index contributed by atoms with van der Waals surface area (Å²) in [7, 11) is 0. The molecule has 7 heteroatoms. The molecular formula is C16H22N6O. The van der Waals surface area contributed by atoms with E-state index in [1.165, 1.54) is 12.8 Å². The second-order valence-corrected chi connectivity index (χ2v) is 6.49. The molecule has 0 bridgehead atoms. The minimum atomic E-state index is 0.525. The lowest BCUT2D eigenvalue weighted by atomic mass is 10.3. The van der Waals surface area contributed by atoms with Crippen LogP contribution in [0.4, 0.5) is 5.82 Å². The van der Waals surface area contributed by atoms with Crippen molar-refractivity contribution >= 4 is 5.82 Å². The Morgan fingerprint density at radius 1 is 1.09 bits per heavy atom. The smallest absolute Gasteiger partial charge is 0.230 e. The minimum absolute atomic E-state index is 0.525. The standard InChI is InChI=1S/C16H22N6O/c1-11-9-14(18-12(2)17-11)22-7-5-21(6-8-22)10-15-19-20-16(23-15)13-3-4-13/h9,13H,3-8,10H2,1-2H3. The molecule has 1 saturated heterocycles. The maximum absolute atomic E-state index is 5.76. The van der Waals surface area contributed by atoms with Crippen molar-refractivity contribution < 1.29 is 4.42 Å². The molecule has 0 aromatic carbocycles. The van der Waals surface area contributed by atoms with Crippen LogP contribution in [0.1, 0.15) is 42.1 Å². The summed E-state index contributed by atoms with van der Waals surface area (Å²) in [4.78, 5) is 13.6. The molecule has 0 radical (unpaired) electrons. The van der Waals surface area contributed by atoms with Gasteiger partial charge in [0.25, 0.3) is 0 Å². The highest BCUT2D eigenvalue weighted by Crippen LogP contribution is 2.39. The van der Waals surface area contributed by atoms with Crippen molar-refractivity contribution in [1.29, 1.82) is 0 Å². The van der Waals surface area contributed by atoms with Crippen LogP contribution in [0.15, 0.2) is 10.5 Å². The first kappa shape index (κ1) is 14.6. The summed E-state index contributed by atoms with van der Waals surface area (Å²) in [5.74, 6) is 3.96. The maximum Gasteiger partial charge on any atom is 0.230 e. The van der Waals surface area contributed by atoms with Crippen LogP contribution in [0.2, 0.25) is 0 Å². The summed E-state index contributed by atoms with van der Waals surface area (Å²) >= 11 is 0. The topological polar surface area (TPSA) is 71.2 Å². The highest BCUT2D eigenvalue weighted by molar-refractivity contribution is 5.40. The molecule has 122 valence electrons. The van der Waals surface area contributed by atoms with Gasteiger partial charge in [-0.1, -0.05) is 0 Å². The lowest BCUT2D eigenvalue weighted by molar-refractivity contribution is 0.223. The van der Waals surface area contributed by atoms with E-state index in [9.17, 15) is 0 Å². The Morgan fingerprint density at radius 3 is 2.57 bits per heavy atom. The number of aromatic nitrogens is 4. The third-order valence-electron chi connectivity index (χ3n) is 4.42. The molecule has 0 atom stereocenters. The molecule has 1 saturated carbocycles. The second-order valence-electron chi connectivity index (χ2n) is 6.49. The number of anilines is 1. The van der Waals surface area contributed by atoms with Crippen molar-refractivity contribution in [2.24, 2.45) is 0 Å². The number of piperazine rings is 1. The largest absolute Gasteiger partial charge is 0.424 e. The molecule has 4 rings (SSSR count). The summed E-state index contributed by atoms with van der Waals surface area (Å²) in [6.45, 7) is 8.57. The predicted octanol–water partition coefficient (Wildman–Crippen LogP) is 1.68. The van der Waals surface area contributed by atoms with E-state index >= 15 is 0 Å². The molecule has 1 aliphatic heterocycles. The fourth-order valence-electron chi connectivity index (χ4n) is 3.01. The van der Waals surface area contributed by atoms with E-state index in [0.29, 0.717) is 5.92 Å². The number of hydrogen-bond donors (Lipinski definition) is 0. The zero-order chi connectivity index (χ0) is 15.8. The Morgan fingerprint density at radius 2 is 1.87 bits per heavy atom. The number of nitrogens with zero attached hydrogens (tertiary/aromatic N) is 6. The van der Waals surface area contributed by atoms with Crippen LogP contribution < -0.4 is 4.90 Å². The van der Waals surface area contributed by atoms with Gasteiger partial charge in [0.15, 0.2) is 0 Å². The van der Waals surface area contributed by atoms with E-state index in [0.717, 1.165) is 61.8 Å². The van der Waals surface area contributed by atoms with Gasteiger partial charge in [-0.15, -0.1) is 10.2 Å². The van der Waals surface area contributed by atoms with Crippen molar-refractivity contribution in [3.8, 4) is 0 Å². The Bertz CT molecular complexity index is 667. The van der Waals surface area contributed by atoms with E-state index < -0.39 is 0 Å². The Labute approximate surface area is 135 Å². The molecule has 3 heterocycles. The fourth-order valence-corrected chi connectivity index (χ4v) is 3.01. The van der Waals surface area contributed by atoms with Gasteiger partial charge >= 0.3 is 0 Å². The zero-order valence-electron chi connectivity index (χ0n) is 13.7. The summed E-state index contributed by atoms with van der Waals surface area (Å²) in [6.07, 6.45) is 2.39. The molecule has 0 amide bonds. The summed E-state index contributed by atoms with van der Waals surface area (Å²) in [5.41, 5.74) is 1.02. The van der Waals surface area contributed by atoms with Crippen LogP contribution in [-0.4, -0.2) is 51.2 Å². The van der Waals surface area contributed by atoms with Gasteiger partial charge in [0.1, 0.15) is 11.6 Å². The van der Waals surface area contributed by atoms with Crippen LogP contribution in [0.5, 0.6) is 0 Å². The molecule has 0 unspecified atom stereocenters. The van der Waals surface area contributed by atoms with Crippen molar-refractivity contribution in [2.45, 2.75) is 39.2 Å². The predicted molar refractivity (Wildman–Crippen MR) is 85.3 cm³/mol. The van der Waals surface area contributed by atoms with Gasteiger partial charge in [-0.05, 0) is 26.7 Å². The lowest BCUT2D eigenvalue weighted by Gasteiger charge is -2.34. The average molecular weight is 314 g/mol. The monoisotopic (exact) mass is 314 g/mol. The van der Waals surface area contributed by atoms with Crippen LogP contribution in [0.3, 0.4) is 0 Å². The Kier molecular flexibility index (Phi) is 3.72. The number of rotatable bonds is 4. The van der Waals surface area contributed by atoms with Crippen LogP contribution in [0.25, 0.3) is 0 Å². The van der Waals surface area contributed by atoms with Gasteiger partial charge in [0.05, 0.1) is 6.54 Å². The third-order valence-corrected chi connectivity index (χ3v) is 4.42. The molecule has 2 aromatic heterocycles. The molecule has 7 nitrogen and oxygen atoms in total. The van der Waals surface area contributed by atoms with Gasteiger partial charge in [0.2, 0.25) is 11.8 Å². The van der Waals surface area contributed by atoms with Gasteiger partial charge in [-0.2, -0.15) is 0 Å². The van der Waals surface area contributed by atoms with Crippen molar-refractivity contribution in [3.05, 3.63) is 29.4 Å². The molecule has 23 heavy (non-hydrogen) atoms. The molecule has 0 N–H and O–H groups in total. The first-order chi connectivity index (χ1) is 11.2. The Hall–Kier alpha value is -2.02. The van der Waals surface area contributed by atoms with Crippen molar-refractivity contribution in [2.75, 3.05) is 31.1 Å². The van der Waals surface area contributed by atoms with Gasteiger partial charge in [-0.25, -0.2) is 9.97 Å². The van der Waals surface area contributed by atoms with E-state index in [4.69, 9.17) is 4.42 Å². The maximum atomic E-state index is 5.76. The first-order valence-electron chi connectivity index (χ1n) is 8.29. The average Bonchev–Trinajstić information content (AvgIpc) is 3.27. The molecule has 0 spiro atoms. The van der Waals surface area contributed by atoms with Crippen molar-refractivity contribution in [1.82, 2.24) is 25.1 Å². The van der Waals surface area contributed by atoms with Crippen LogP contribution in [-0.2, 0) is 6.54 Å².